The Hall–Kier alpha value is -3.26. The molecule has 1 aliphatic rings. The van der Waals surface area contributed by atoms with Crippen LogP contribution in [0.2, 0.25) is 0 Å². The minimum absolute atomic E-state index is 0.0393. The summed E-state index contributed by atoms with van der Waals surface area (Å²) in [6, 6.07) is 12.3. The Morgan fingerprint density at radius 1 is 1.09 bits per heavy atom. The molecule has 33 heavy (non-hydrogen) atoms. The zero-order valence-corrected chi connectivity index (χ0v) is 19.0. The van der Waals surface area contributed by atoms with Crippen LogP contribution in [0.1, 0.15) is 39.1 Å². The highest BCUT2D eigenvalue weighted by Gasteiger charge is 2.34. The molecule has 1 fully saturated rings. The van der Waals surface area contributed by atoms with E-state index < -0.39 is 11.9 Å². The zero-order chi connectivity index (χ0) is 23.8. The van der Waals surface area contributed by atoms with Crippen molar-refractivity contribution in [2.45, 2.75) is 25.8 Å². The fraction of sp³-hybridized carbons (Fsp3) is 0.400. The predicted octanol–water partition coefficient (Wildman–Crippen LogP) is 2.55. The lowest BCUT2D eigenvalue weighted by Crippen LogP contribution is -2.54. The van der Waals surface area contributed by atoms with Gasteiger partial charge in [0, 0.05) is 32.3 Å². The second-order valence-electron chi connectivity index (χ2n) is 8.21. The monoisotopic (exact) mass is 455 g/mol. The maximum atomic E-state index is 14.0. The van der Waals surface area contributed by atoms with Crippen molar-refractivity contribution < 1.29 is 23.5 Å². The predicted molar refractivity (Wildman–Crippen MR) is 122 cm³/mol. The number of nitrogens with zero attached hydrogens (tertiary/aromatic N) is 1. The summed E-state index contributed by atoms with van der Waals surface area (Å²) in [7, 11) is 1.55. The van der Waals surface area contributed by atoms with Gasteiger partial charge < -0.3 is 20.3 Å². The van der Waals surface area contributed by atoms with Gasteiger partial charge in [0.2, 0.25) is 5.91 Å². The number of likely N-dealkylation sites (tertiary alicyclic amines) is 1. The van der Waals surface area contributed by atoms with Crippen LogP contribution >= 0.6 is 0 Å². The van der Waals surface area contributed by atoms with Crippen molar-refractivity contribution in [2.24, 2.45) is 5.92 Å². The van der Waals surface area contributed by atoms with Gasteiger partial charge in [0.25, 0.3) is 11.8 Å². The summed E-state index contributed by atoms with van der Waals surface area (Å²) in [5.74, 6) is -1.69. The first kappa shape index (κ1) is 24.4. The number of nitrogens with one attached hydrogen (secondary N) is 2. The normalized spacial score (nSPS) is 15.1. The van der Waals surface area contributed by atoms with Gasteiger partial charge in [-0.2, -0.15) is 0 Å². The molecule has 1 saturated heterocycles. The number of carbonyl (C=O) groups is 3. The second-order valence-corrected chi connectivity index (χ2v) is 8.21. The average molecular weight is 456 g/mol. The number of ether oxygens (including phenoxy) is 1. The number of methoxy groups -OCH3 is 1. The topological polar surface area (TPSA) is 87.7 Å². The SMILES string of the molecule is COCCNC(=O)C(NC(=O)c1ccc(C)cc1)C1CCN(C(=O)c2ccccc2F)CC1. The van der Waals surface area contributed by atoms with Gasteiger partial charge in [-0.3, -0.25) is 14.4 Å². The Balaban J connectivity index is 1.68. The molecule has 176 valence electrons. The van der Waals surface area contributed by atoms with Crippen LogP contribution in [-0.4, -0.2) is 62.0 Å². The average Bonchev–Trinajstić information content (AvgIpc) is 2.83. The molecule has 0 spiro atoms. The van der Waals surface area contributed by atoms with Gasteiger partial charge in [0.05, 0.1) is 12.2 Å². The molecule has 2 aromatic rings. The molecule has 1 unspecified atom stereocenters. The third-order valence-electron chi connectivity index (χ3n) is 5.89. The maximum absolute atomic E-state index is 14.0. The molecular formula is C25H30FN3O4. The van der Waals surface area contributed by atoms with E-state index in [9.17, 15) is 18.8 Å². The van der Waals surface area contributed by atoms with Crippen LogP contribution in [0.15, 0.2) is 48.5 Å². The van der Waals surface area contributed by atoms with Crippen molar-refractivity contribution in [3.63, 3.8) is 0 Å². The number of hydrogen-bond acceptors (Lipinski definition) is 4. The van der Waals surface area contributed by atoms with Crippen LogP contribution in [0.5, 0.6) is 0 Å². The molecule has 0 aliphatic carbocycles. The van der Waals surface area contributed by atoms with Gasteiger partial charge >= 0.3 is 0 Å². The van der Waals surface area contributed by atoms with Crippen molar-refractivity contribution in [3.05, 3.63) is 71.0 Å². The lowest BCUT2D eigenvalue weighted by molar-refractivity contribution is -0.124. The number of rotatable bonds is 8. The lowest BCUT2D eigenvalue weighted by Gasteiger charge is -2.36. The fourth-order valence-electron chi connectivity index (χ4n) is 3.95. The van der Waals surface area contributed by atoms with Crippen molar-refractivity contribution in [3.8, 4) is 0 Å². The molecule has 2 N–H and O–H groups in total. The second kappa shape index (κ2) is 11.6. The van der Waals surface area contributed by atoms with E-state index in [0.29, 0.717) is 44.6 Å². The van der Waals surface area contributed by atoms with Crippen LogP contribution in [0.25, 0.3) is 0 Å². The third kappa shape index (κ3) is 6.38. The van der Waals surface area contributed by atoms with E-state index in [4.69, 9.17) is 4.74 Å². The van der Waals surface area contributed by atoms with Gasteiger partial charge in [0.1, 0.15) is 11.9 Å². The number of benzene rings is 2. The summed E-state index contributed by atoms with van der Waals surface area (Å²) in [4.78, 5) is 40.0. The minimum Gasteiger partial charge on any atom is -0.383 e. The Morgan fingerprint density at radius 3 is 2.39 bits per heavy atom. The van der Waals surface area contributed by atoms with E-state index in [1.807, 2.05) is 19.1 Å². The first-order valence-corrected chi connectivity index (χ1v) is 11.1. The van der Waals surface area contributed by atoms with E-state index in [2.05, 4.69) is 10.6 Å². The van der Waals surface area contributed by atoms with Crippen LogP contribution < -0.4 is 10.6 Å². The van der Waals surface area contributed by atoms with Crippen LogP contribution in [-0.2, 0) is 9.53 Å². The summed E-state index contributed by atoms with van der Waals surface area (Å²) in [6.07, 6.45) is 1.02. The minimum atomic E-state index is -0.749. The first-order chi connectivity index (χ1) is 15.9. The van der Waals surface area contributed by atoms with Crippen molar-refractivity contribution in [2.75, 3.05) is 33.4 Å². The number of hydrogen-bond donors (Lipinski definition) is 2. The summed E-state index contributed by atoms with van der Waals surface area (Å²) in [5.41, 5.74) is 1.55. The molecule has 3 amide bonds. The molecule has 7 nitrogen and oxygen atoms in total. The number of carbonyl (C=O) groups excluding carboxylic acids is 3. The maximum Gasteiger partial charge on any atom is 0.256 e. The summed E-state index contributed by atoms with van der Waals surface area (Å²) < 4.78 is 19.0. The third-order valence-corrected chi connectivity index (χ3v) is 5.89. The Kier molecular flexibility index (Phi) is 8.54. The Morgan fingerprint density at radius 2 is 1.76 bits per heavy atom. The molecule has 0 radical (unpaired) electrons. The highest BCUT2D eigenvalue weighted by Crippen LogP contribution is 2.23. The van der Waals surface area contributed by atoms with Gasteiger partial charge in [-0.25, -0.2) is 4.39 Å². The van der Waals surface area contributed by atoms with Gasteiger partial charge in [-0.1, -0.05) is 29.8 Å². The molecule has 8 heteroatoms. The van der Waals surface area contributed by atoms with Crippen molar-refractivity contribution >= 4 is 17.7 Å². The fourth-order valence-corrected chi connectivity index (χ4v) is 3.95. The summed E-state index contributed by atoms with van der Waals surface area (Å²) in [5, 5.41) is 5.68. The molecule has 1 aliphatic heterocycles. The van der Waals surface area contributed by atoms with Gasteiger partial charge in [0.15, 0.2) is 0 Å². The van der Waals surface area contributed by atoms with Gasteiger partial charge in [-0.15, -0.1) is 0 Å². The van der Waals surface area contributed by atoms with Crippen LogP contribution in [0.3, 0.4) is 0 Å². The van der Waals surface area contributed by atoms with E-state index in [0.717, 1.165) is 5.56 Å². The summed E-state index contributed by atoms with van der Waals surface area (Å²) >= 11 is 0. The number of aryl methyl sites for hydroxylation is 1. The van der Waals surface area contributed by atoms with E-state index in [1.165, 1.54) is 12.1 Å². The molecule has 3 rings (SSSR count). The van der Waals surface area contributed by atoms with Crippen molar-refractivity contribution in [1.82, 2.24) is 15.5 Å². The molecule has 1 heterocycles. The number of halogens is 1. The standard InChI is InChI=1S/C25H30FN3O4/c1-17-7-9-19(10-8-17)23(30)28-22(24(31)27-13-16-33-2)18-11-14-29(15-12-18)25(32)20-5-3-4-6-21(20)26/h3-10,18,22H,11-16H2,1-2H3,(H,27,31)(H,28,30). The molecule has 0 saturated carbocycles. The summed E-state index contributed by atoms with van der Waals surface area (Å²) in [6.45, 7) is 3.38. The highest BCUT2D eigenvalue weighted by molar-refractivity contribution is 5.98. The smallest absolute Gasteiger partial charge is 0.256 e. The molecule has 0 aromatic heterocycles. The quantitative estimate of drug-likeness (QED) is 0.599. The van der Waals surface area contributed by atoms with Crippen LogP contribution in [0, 0.1) is 18.7 Å². The van der Waals surface area contributed by atoms with E-state index in [1.54, 1.807) is 36.3 Å². The van der Waals surface area contributed by atoms with E-state index >= 15 is 0 Å². The van der Waals surface area contributed by atoms with Crippen LogP contribution in [0.4, 0.5) is 4.39 Å². The Bertz CT molecular complexity index is 972. The largest absolute Gasteiger partial charge is 0.383 e. The van der Waals surface area contributed by atoms with E-state index in [-0.39, 0.29) is 29.2 Å². The molecule has 2 aromatic carbocycles. The molecule has 0 bridgehead atoms. The lowest BCUT2D eigenvalue weighted by atomic mass is 9.88. The molecule has 1 atom stereocenters. The van der Waals surface area contributed by atoms with Crippen molar-refractivity contribution in [1.29, 1.82) is 0 Å². The van der Waals surface area contributed by atoms with Gasteiger partial charge in [-0.05, 0) is 49.9 Å². The Labute approximate surface area is 193 Å². The highest BCUT2D eigenvalue weighted by atomic mass is 19.1. The zero-order valence-electron chi connectivity index (χ0n) is 19.0. The molecular weight excluding hydrogens is 425 g/mol. The first-order valence-electron chi connectivity index (χ1n) is 11.1. The number of amides is 3. The number of piperidine rings is 1.